The molecular weight excluding hydrogens is 601 g/mol. The average Bonchev–Trinajstić information content (AvgIpc) is 3.32. The number of thioether (sulfide) groups is 1. The van der Waals surface area contributed by atoms with Crippen LogP contribution >= 0.6 is 24.0 Å². The van der Waals surface area contributed by atoms with Crippen LogP contribution in [0.1, 0.15) is 21.5 Å². The van der Waals surface area contributed by atoms with E-state index in [1.165, 1.54) is 11.8 Å². The van der Waals surface area contributed by atoms with Crippen molar-refractivity contribution in [1.82, 2.24) is 9.80 Å². The van der Waals surface area contributed by atoms with Crippen LogP contribution in [0.15, 0.2) is 65.6 Å². The van der Waals surface area contributed by atoms with Gasteiger partial charge in [-0.1, -0.05) is 48.2 Å². The number of amides is 1. The molecule has 0 unspecified atom stereocenters. The summed E-state index contributed by atoms with van der Waals surface area (Å²) in [4.78, 5) is 29.1. The first-order valence-electron chi connectivity index (χ1n) is 14.5. The number of nitrogens with zero attached hydrogens (tertiary/aromatic N) is 2. The number of thiocarbonyl (C=S) groups is 1. The Labute approximate surface area is 265 Å². The van der Waals surface area contributed by atoms with Crippen molar-refractivity contribution in [1.29, 1.82) is 0 Å². The van der Waals surface area contributed by atoms with Gasteiger partial charge in [-0.2, -0.15) is 0 Å². The fourth-order valence-electron chi connectivity index (χ4n) is 5.19. The van der Waals surface area contributed by atoms with Gasteiger partial charge in [0.15, 0.2) is 11.5 Å². The molecule has 3 aliphatic rings. The van der Waals surface area contributed by atoms with Gasteiger partial charge in [0.05, 0.1) is 23.7 Å². The second-order valence-electron chi connectivity index (χ2n) is 10.5. The Kier molecular flexibility index (Phi) is 9.46. The van der Waals surface area contributed by atoms with Crippen LogP contribution in [0.3, 0.4) is 0 Å². The number of carboxylic acid groups (broad SMARTS) is 1. The number of carbonyl (C=O) groups excluding carboxylic acids is 1. The normalized spacial score (nSPS) is 17.7. The van der Waals surface area contributed by atoms with E-state index in [1.807, 2.05) is 42.5 Å². The molecule has 0 spiro atoms. The summed E-state index contributed by atoms with van der Waals surface area (Å²) in [5, 5.41) is 9.15. The molecule has 0 bridgehead atoms. The standard InChI is InChI=1S/C33H32N2O7S2/c36-31-30(44-33(43)35(31)10-9-22-1-3-23(4-2-22)32(37)38)21-26-19-24(25-6-8-28-29(20-25)42-18-17-41-28)5-7-27(26)40-16-13-34-11-14-39-15-12-34/h1-8,19-21H,9-18H2,(H,37,38). The Hall–Kier alpha value is -3.90. The number of carboxylic acids is 1. The zero-order chi connectivity index (χ0) is 30.5. The minimum absolute atomic E-state index is 0.161. The van der Waals surface area contributed by atoms with Crippen molar-refractivity contribution in [2.45, 2.75) is 6.42 Å². The van der Waals surface area contributed by atoms with Gasteiger partial charge in [-0.25, -0.2) is 4.79 Å². The first-order chi connectivity index (χ1) is 21.4. The molecule has 0 radical (unpaired) electrons. The maximum absolute atomic E-state index is 13.5. The number of rotatable bonds is 10. The first kappa shape index (κ1) is 30.1. The van der Waals surface area contributed by atoms with Crippen molar-refractivity contribution in [3.8, 4) is 28.4 Å². The van der Waals surface area contributed by atoms with E-state index in [-0.39, 0.29) is 11.5 Å². The Bertz CT molecular complexity index is 1590. The summed E-state index contributed by atoms with van der Waals surface area (Å²) in [5.74, 6) is 0.986. The number of ether oxygens (including phenoxy) is 4. The molecule has 6 rings (SSSR count). The maximum Gasteiger partial charge on any atom is 0.335 e. The third-order valence-electron chi connectivity index (χ3n) is 7.64. The molecule has 1 N–H and O–H groups in total. The highest BCUT2D eigenvalue weighted by molar-refractivity contribution is 8.26. The van der Waals surface area contributed by atoms with Crippen molar-refractivity contribution < 1.29 is 33.6 Å². The van der Waals surface area contributed by atoms with Gasteiger partial charge in [0.25, 0.3) is 5.91 Å². The maximum atomic E-state index is 13.5. The number of hydrogen-bond donors (Lipinski definition) is 1. The summed E-state index contributed by atoms with van der Waals surface area (Å²) >= 11 is 6.86. The summed E-state index contributed by atoms with van der Waals surface area (Å²) in [7, 11) is 0. The molecule has 11 heteroatoms. The SMILES string of the molecule is O=C(O)c1ccc(CCN2C(=O)C(=Cc3cc(-c4ccc5c(c4)OCCO5)ccc3OCCN3CCOCC3)SC2=S)cc1. The molecule has 0 saturated carbocycles. The molecular formula is C33H32N2O7S2. The van der Waals surface area contributed by atoms with Crippen LogP contribution in [-0.2, 0) is 16.0 Å². The zero-order valence-corrected chi connectivity index (χ0v) is 25.7. The van der Waals surface area contributed by atoms with E-state index >= 15 is 0 Å². The third kappa shape index (κ3) is 7.07. The van der Waals surface area contributed by atoms with Crippen LogP contribution in [0.25, 0.3) is 17.2 Å². The van der Waals surface area contributed by atoms with E-state index < -0.39 is 5.97 Å². The number of morpholine rings is 1. The number of carbonyl (C=O) groups is 2. The monoisotopic (exact) mass is 632 g/mol. The van der Waals surface area contributed by atoms with Gasteiger partial charge in [-0.05, 0) is 65.6 Å². The van der Waals surface area contributed by atoms with E-state index in [1.54, 1.807) is 29.2 Å². The molecule has 3 heterocycles. The van der Waals surface area contributed by atoms with Crippen LogP contribution < -0.4 is 14.2 Å². The van der Waals surface area contributed by atoms with Crippen LogP contribution in [-0.4, -0.2) is 90.3 Å². The molecule has 1 amide bonds. The second kappa shape index (κ2) is 13.8. The molecule has 0 atom stereocenters. The molecule has 3 aromatic rings. The minimum Gasteiger partial charge on any atom is -0.492 e. The van der Waals surface area contributed by atoms with Crippen LogP contribution in [0, 0.1) is 0 Å². The minimum atomic E-state index is -0.971. The Balaban J connectivity index is 1.22. The lowest BCUT2D eigenvalue weighted by Crippen LogP contribution is -2.38. The fraction of sp³-hybridized carbons (Fsp3) is 0.303. The zero-order valence-electron chi connectivity index (χ0n) is 24.0. The lowest BCUT2D eigenvalue weighted by molar-refractivity contribution is -0.122. The molecule has 3 aliphatic heterocycles. The molecule has 0 aromatic heterocycles. The van der Waals surface area contributed by atoms with Crippen LogP contribution in [0.4, 0.5) is 0 Å². The fourth-order valence-corrected chi connectivity index (χ4v) is 6.49. The number of aromatic carboxylic acids is 1. The number of benzene rings is 3. The predicted octanol–water partition coefficient (Wildman–Crippen LogP) is 4.98. The number of fused-ring (bicyclic) bond motifs is 1. The first-order valence-corrected chi connectivity index (χ1v) is 15.7. The van der Waals surface area contributed by atoms with Gasteiger partial charge in [-0.15, -0.1) is 0 Å². The van der Waals surface area contributed by atoms with E-state index in [0.717, 1.165) is 60.9 Å². The van der Waals surface area contributed by atoms with Crippen LogP contribution in [0.5, 0.6) is 17.2 Å². The van der Waals surface area contributed by atoms with E-state index in [9.17, 15) is 9.59 Å². The second-order valence-corrected chi connectivity index (χ2v) is 12.2. The smallest absolute Gasteiger partial charge is 0.335 e. The molecule has 9 nitrogen and oxygen atoms in total. The summed E-state index contributed by atoms with van der Waals surface area (Å²) in [5.41, 5.74) is 3.85. The van der Waals surface area contributed by atoms with Gasteiger partial charge in [0.2, 0.25) is 0 Å². The Morgan fingerprint density at radius 3 is 2.43 bits per heavy atom. The van der Waals surface area contributed by atoms with Gasteiger partial charge in [0.1, 0.15) is 29.9 Å². The van der Waals surface area contributed by atoms with Crippen molar-refractivity contribution >= 4 is 46.3 Å². The highest BCUT2D eigenvalue weighted by atomic mass is 32.2. The van der Waals surface area contributed by atoms with Crippen molar-refractivity contribution in [2.24, 2.45) is 0 Å². The van der Waals surface area contributed by atoms with Crippen molar-refractivity contribution in [2.75, 3.05) is 59.2 Å². The van der Waals surface area contributed by atoms with E-state index in [2.05, 4.69) is 4.90 Å². The quantitative estimate of drug-likeness (QED) is 0.244. The van der Waals surface area contributed by atoms with Gasteiger partial charge >= 0.3 is 5.97 Å². The third-order valence-corrected chi connectivity index (χ3v) is 9.02. The van der Waals surface area contributed by atoms with E-state index in [4.69, 9.17) is 36.3 Å². The summed E-state index contributed by atoms with van der Waals surface area (Å²) in [6.45, 7) is 5.94. The van der Waals surface area contributed by atoms with Crippen LogP contribution in [0.2, 0.25) is 0 Å². The van der Waals surface area contributed by atoms with Crippen molar-refractivity contribution in [3.63, 3.8) is 0 Å². The Morgan fingerprint density at radius 1 is 0.932 bits per heavy atom. The van der Waals surface area contributed by atoms with Crippen molar-refractivity contribution in [3.05, 3.63) is 82.3 Å². The largest absolute Gasteiger partial charge is 0.492 e. The average molecular weight is 633 g/mol. The Morgan fingerprint density at radius 2 is 1.66 bits per heavy atom. The predicted molar refractivity (Wildman–Crippen MR) is 173 cm³/mol. The summed E-state index contributed by atoms with van der Waals surface area (Å²) in [6, 6.07) is 18.5. The molecule has 0 aliphatic carbocycles. The molecule has 2 saturated heterocycles. The highest BCUT2D eigenvalue weighted by Gasteiger charge is 2.32. The van der Waals surface area contributed by atoms with Gasteiger partial charge in [0, 0.05) is 31.7 Å². The topological polar surface area (TPSA) is 97.8 Å². The van der Waals surface area contributed by atoms with Gasteiger partial charge in [-0.3, -0.25) is 14.6 Å². The lowest BCUT2D eigenvalue weighted by Gasteiger charge is -2.26. The van der Waals surface area contributed by atoms with Gasteiger partial charge < -0.3 is 24.1 Å². The van der Waals surface area contributed by atoms with E-state index in [0.29, 0.717) is 53.5 Å². The molecule has 228 valence electrons. The molecule has 2 fully saturated rings. The molecule has 3 aromatic carbocycles. The summed E-state index contributed by atoms with van der Waals surface area (Å²) < 4.78 is 23.7. The highest BCUT2D eigenvalue weighted by Crippen LogP contribution is 2.38. The summed E-state index contributed by atoms with van der Waals surface area (Å²) in [6.07, 6.45) is 2.40. The molecule has 44 heavy (non-hydrogen) atoms. The lowest BCUT2D eigenvalue weighted by atomic mass is 10.0. The number of hydrogen-bond acceptors (Lipinski definition) is 9.